The van der Waals surface area contributed by atoms with Crippen LogP contribution in [0.15, 0.2) is 41.5 Å². The van der Waals surface area contributed by atoms with Crippen LogP contribution in [0.1, 0.15) is 21.8 Å². The predicted molar refractivity (Wildman–Crippen MR) is 83.7 cm³/mol. The molecule has 0 aliphatic heterocycles. The summed E-state index contributed by atoms with van der Waals surface area (Å²) >= 11 is 1.46. The van der Waals surface area contributed by atoms with Gasteiger partial charge in [-0.25, -0.2) is 9.97 Å². The molecule has 0 aliphatic carbocycles. The number of aryl methyl sites for hydroxylation is 2. The van der Waals surface area contributed by atoms with E-state index in [0.717, 1.165) is 22.9 Å². The predicted octanol–water partition coefficient (Wildman–Crippen LogP) is 2.73. The molecule has 1 N–H and O–H groups in total. The second kappa shape index (κ2) is 6.57. The molecule has 22 heavy (non-hydrogen) atoms. The number of nitrogens with one attached hydrogen (secondary N) is 1. The Morgan fingerprint density at radius 3 is 3.14 bits per heavy atom. The van der Waals surface area contributed by atoms with E-state index in [1.165, 1.54) is 11.3 Å². The number of rotatable bonds is 6. The van der Waals surface area contributed by atoms with Crippen LogP contribution in [0.3, 0.4) is 0 Å². The van der Waals surface area contributed by atoms with Crippen molar-refractivity contribution in [3.63, 3.8) is 0 Å². The summed E-state index contributed by atoms with van der Waals surface area (Å²) in [4.78, 5) is 21.4. The fourth-order valence-corrected chi connectivity index (χ4v) is 2.96. The second-order valence-corrected chi connectivity index (χ2v) is 6.01. The molecule has 0 atom stereocenters. The Kier molecular flexibility index (Phi) is 4.34. The van der Waals surface area contributed by atoms with E-state index in [1.54, 1.807) is 18.8 Å². The van der Waals surface area contributed by atoms with Crippen molar-refractivity contribution in [2.45, 2.75) is 19.9 Å². The normalized spacial score (nSPS) is 10.8. The molecule has 3 heterocycles. The SMILES string of the molecule is Cc1sc(-c2ccco2)nc1C(=O)NCCCn1ccnc1. The largest absolute Gasteiger partial charge is 0.462 e. The fourth-order valence-electron chi connectivity index (χ4n) is 2.08. The molecule has 114 valence electrons. The van der Waals surface area contributed by atoms with E-state index in [-0.39, 0.29) is 5.91 Å². The van der Waals surface area contributed by atoms with Crippen molar-refractivity contribution in [2.24, 2.45) is 0 Å². The van der Waals surface area contributed by atoms with E-state index >= 15 is 0 Å². The molecule has 0 aliphatic rings. The Hall–Kier alpha value is -2.41. The van der Waals surface area contributed by atoms with Gasteiger partial charge in [-0.1, -0.05) is 0 Å². The lowest BCUT2D eigenvalue weighted by molar-refractivity contribution is 0.0948. The lowest BCUT2D eigenvalue weighted by atomic mass is 10.3. The Balaban J connectivity index is 1.56. The molecule has 3 aromatic rings. The van der Waals surface area contributed by atoms with E-state index in [1.807, 2.05) is 29.8 Å². The van der Waals surface area contributed by atoms with Gasteiger partial charge >= 0.3 is 0 Å². The van der Waals surface area contributed by atoms with Crippen LogP contribution in [-0.2, 0) is 6.54 Å². The van der Waals surface area contributed by atoms with Crippen LogP contribution in [0, 0.1) is 6.92 Å². The molecule has 3 rings (SSSR count). The third-order valence-corrected chi connectivity index (χ3v) is 4.17. The molecule has 0 aromatic carbocycles. The van der Waals surface area contributed by atoms with Gasteiger partial charge in [-0.3, -0.25) is 4.79 Å². The number of amides is 1. The van der Waals surface area contributed by atoms with Crippen LogP contribution in [0.25, 0.3) is 10.8 Å². The van der Waals surface area contributed by atoms with Crippen molar-refractivity contribution in [1.82, 2.24) is 19.9 Å². The van der Waals surface area contributed by atoms with Crippen molar-refractivity contribution in [3.05, 3.63) is 47.7 Å². The molecule has 3 aromatic heterocycles. The monoisotopic (exact) mass is 316 g/mol. The van der Waals surface area contributed by atoms with Gasteiger partial charge in [0.05, 0.1) is 12.6 Å². The smallest absolute Gasteiger partial charge is 0.271 e. The summed E-state index contributed by atoms with van der Waals surface area (Å²) in [6, 6.07) is 3.65. The molecule has 7 heteroatoms. The van der Waals surface area contributed by atoms with Gasteiger partial charge in [0, 0.05) is 30.4 Å². The Morgan fingerprint density at radius 2 is 2.41 bits per heavy atom. The van der Waals surface area contributed by atoms with Crippen LogP contribution >= 0.6 is 11.3 Å². The first kappa shape index (κ1) is 14.5. The van der Waals surface area contributed by atoms with Crippen LogP contribution in [0.4, 0.5) is 0 Å². The van der Waals surface area contributed by atoms with Crippen molar-refractivity contribution in [3.8, 4) is 10.8 Å². The Bertz CT molecular complexity index is 732. The van der Waals surface area contributed by atoms with Gasteiger partial charge in [-0.15, -0.1) is 11.3 Å². The summed E-state index contributed by atoms with van der Waals surface area (Å²) < 4.78 is 7.30. The minimum atomic E-state index is -0.141. The van der Waals surface area contributed by atoms with Crippen LogP contribution in [0.5, 0.6) is 0 Å². The molecular formula is C15H16N4O2S. The molecule has 0 bridgehead atoms. The lowest BCUT2D eigenvalue weighted by Gasteiger charge is -2.04. The highest BCUT2D eigenvalue weighted by molar-refractivity contribution is 7.15. The summed E-state index contributed by atoms with van der Waals surface area (Å²) in [5.74, 6) is 0.546. The molecular weight excluding hydrogens is 300 g/mol. The van der Waals surface area contributed by atoms with E-state index < -0.39 is 0 Å². The standard InChI is InChI=1S/C15H16N4O2S/c1-11-13(18-15(22-11)12-4-2-9-21-12)14(20)17-5-3-7-19-8-6-16-10-19/h2,4,6,8-10H,3,5,7H2,1H3,(H,17,20). The maximum atomic E-state index is 12.2. The summed E-state index contributed by atoms with van der Waals surface area (Å²) in [5.41, 5.74) is 0.471. The maximum Gasteiger partial charge on any atom is 0.271 e. The van der Waals surface area contributed by atoms with Gasteiger partial charge in [0.25, 0.3) is 5.91 Å². The van der Waals surface area contributed by atoms with Crippen molar-refractivity contribution >= 4 is 17.2 Å². The molecule has 0 saturated heterocycles. The molecule has 0 unspecified atom stereocenters. The van der Waals surface area contributed by atoms with Gasteiger partial charge in [0.15, 0.2) is 10.8 Å². The van der Waals surface area contributed by atoms with E-state index in [0.29, 0.717) is 18.0 Å². The topological polar surface area (TPSA) is 73.0 Å². The van der Waals surface area contributed by atoms with Gasteiger partial charge < -0.3 is 14.3 Å². The van der Waals surface area contributed by atoms with E-state index in [2.05, 4.69) is 15.3 Å². The summed E-state index contributed by atoms with van der Waals surface area (Å²) in [6.45, 7) is 3.32. The zero-order chi connectivity index (χ0) is 15.4. The minimum Gasteiger partial charge on any atom is -0.462 e. The van der Waals surface area contributed by atoms with Gasteiger partial charge in [0.1, 0.15) is 5.69 Å². The third-order valence-electron chi connectivity index (χ3n) is 3.18. The van der Waals surface area contributed by atoms with Crippen LogP contribution in [0.2, 0.25) is 0 Å². The number of furan rings is 1. The van der Waals surface area contributed by atoms with E-state index in [9.17, 15) is 4.79 Å². The Labute approximate surface area is 131 Å². The number of hydrogen-bond donors (Lipinski definition) is 1. The van der Waals surface area contributed by atoms with Crippen molar-refractivity contribution in [2.75, 3.05) is 6.54 Å². The highest BCUT2D eigenvalue weighted by atomic mass is 32.1. The second-order valence-electron chi connectivity index (χ2n) is 4.81. The van der Waals surface area contributed by atoms with E-state index in [4.69, 9.17) is 4.42 Å². The first-order valence-electron chi connectivity index (χ1n) is 6.99. The van der Waals surface area contributed by atoms with Crippen molar-refractivity contribution in [1.29, 1.82) is 0 Å². The van der Waals surface area contributed by atoms with Crippen LogP contribution in [-0.4, -0.2) is 27.0 Å². The van der Waals surface area contributed by atoms with Crippen LogP contribution < -0.4 is 5.32 Å². The summed E-state index contributed by atoms with van der Waals surface area (Å²) in [5, 5.41) is 3.63. The average molecular weight is 316 g/mol. The first-order chi connectivity index (χ1) is 10.7. The number of hydrogen-bond acceptors (Lipinski definition) is 5. The zero-order valence-electron chi connectivity index (χ0n) is 12.2. The molecule has 0 saturated carbocycles. The average Bonchev–Trinajstić information content (AvgIpc) is 3.24. The third kappa shape index (κ3) is 3.25. The maximum absolute atomic E-state index is 12.2. The number of carbonyl (C=O) groups is 1. The molecule has 0 fully saturated rings. The van der Waals surface area contributed by atoms with Gasteiger partial charge in [-0.2, -0.15) is 0 Å². The fraction of sp³-hybridized carbons (Fsp3) is 0.267. The minimum absolute atomic E-state index is 0.141. The number of aromatic nitrogens is 3. The molecule has 0 spiro atoms. The summed E-state index contributed by atoms with van der Waals surface area (Å²) in [7, 11) is 0. The van der Waals surface area contributed by atoms with Crippen molar-refractivity contribution < 1.29 is 9.21 Å². The molecule has 0 radical (unpaired) electrons. The number of imidazole rings is 1. The molecule has 6 nitrogen and oxygen atoms in total. The lowest BCUT2D eigenvalue weighted by Crippen LogP contribution is -2.26. The van der Waals surface area contributed by atoms with Gasteiger partial charge in [0.2, 0.25) is 0 Å². The van der Waals surface area contributed by atoms with Gasteiger partial charge in [-0.05, 0) is 25.5 Å². The zero-order valence-corrected chi connectivity index (χ0v) is 13.0. The quantitative estimate of drug-likeness (QED) is 0.710. The number of thiazole rings is 1. The number of carbonyl (C=O) groups excluding carboxylic acids is 1. The number of nitrogens with zero attached hydrogens (tertiary/aromatic N) is 3. The first-order valence-corrected chi connectivity index (χ1v) is 7.81. The highest BCUT2D eigenvalue weighted by Crippen LogP contribution is 2.27. The summed E-state index contributed by atoms with van der Waals surface area (Å²) in [6.07, 6.45) is 7.86. The molecule has 1 amide bonds. The highest BCUT2D eigenvalue weighted by Gasteiger charge is 2.17. The Morgan fingerprint density at radius 1 is 1.50 bits per heavy atom.